The van der Waals surface area contributed by atoms with Gasteiger partial charge in [-0.15, -0.1) is 0 Å². The fourth-order valence-electron chi connectivity index (χ4n) is 3.32. The maximum Gasteiger partial charge on any atom is 0.269 e. The smallest absolute Gasteiger partial charge is 0.269 e. The number of hydrogen-bond acceptors (Lipinski definition) is 4. The molecule has 1 aromatic rings. The van der Waals surface area contributed by atoms with E-state index in [2.05, 4.69) is 13.2 Å². The topological polar surface area (TPSA) is 72.7 Å². The number of carbonyl (C=O) groups is 1. The third-order valence-electron chi connectivity index (χ3n) is 4.42. The van der Waals surface area contributed by atoms with Crippen LogP contribution in [0.2, 0.25) is 0 Å². The molecule has 1 unspecified atom stereocenters. The van der Waals surface area contributed by atoms with E-state index >= 15 is 0 Å². The van der Waals surface area contributed by atoms with Gasteiger partial charge in [-0.1, -0.05) is 19.2 Å². The third-order valence-corrected chi connectivity index (χ3v) is 4.42. The molecule has 0 spiro atoms. The van der Waals surface area contributed by atoms with Crippen LogP contribution in [0.3, 0.4) is 0 Å². The summed E-state index contributed by atoms with van der Waals surface area (Å²) in [5, 5.41) is 11.0. The summed E-state index contributed by atoms with van der Waals surface area (Å²) in [6, 6.07) is 4.46. The zero-order valence-corrected chi connectivity index (χ0v) is 13.2. The van der Waals surface area contributed by atoms with Crippen LogP contribution in [0.5, 0.6) is 0 Å². The minimum absolute atomic E-state index is 0.00557. The van der Waals surface area contributed by atoms with Gasteiger partial charge in [0.1, 0.15) is 5.76 Å². The molecule has 1 aromatic carbocycles. The summed E-state index contributed by atoms with van der Waals surface area (Å²) in [5.74, 6) is 0.633. The number of ether oxygens (including phenoxy) is 1. The first kappa shape index (κ1) is 16.0. The molecule has 1 amide bonds. The average Bonchev–Trinajstić information content (AvgIpc) is 2.60. The molecular weight excluding hydrogens is 308 g/mol. The average molecular weight is 326 g/mol. The van der Waals surface area contributed by atoms with E-state index in [0.717, 1.165) is 16.8 Å². The zero-order chi connectivity index (χ0) is 17.3. The molecule has 0 saturated carbocycles. The van der Waals surface area contributed by atoms with Crippen molar-refractivity contribution in [2.45, 2.75) is 25.3 Å². The van der Waals surface area contributed by atoms with Crippen LogP contribution in [-0.4, -0.2) is 23.5 Å². The summed E-state index contributed by atoms with van der Waals surface area (Å²) >= 11 is 0. The summed E-state index contributed by atoms with van der Waals surface area (Å²) < 4.78 is 5.59. The summed E-state index contributed by atoms with van der Waals surface area (Å²) in [6.45, 7) is 8.06. The Kier molecular flexibility index (Phi) is 4.20. The summed E-state index contributed by atoms with van der Waals surface area (Å²) in [5.41, 5.74) is 2.41. The zero-order valence-electron chi connectivity index (χ0n) is 13.2. The summed E-state index contributed by atoms with van der Waals surface area (Å²) in [6.07, 6.45) is 4.79. The minimum Gasteiger partial charge on any atom is -0.493 e. The Labute approximate surface area is 139 Å². The quantitative estimate of drug-likeness (QED) is 0.628. The van der Waals surface area contributed by atoms with E-state index < -0.39 is 4.92 Å². The molecule has 1 atom stereocenters. The van der Waals surface area contributed by atoms with Crippen molar-refractivity contribution < 1.29 is 14.5 Å². The van der Waals surface area contributed by atoms with Gasteiger partial charge in [-0.2, -0.15) is 0 Å². The number of carbonyl (C=O) groups excluding carboxylic acids is 1. The van der Waals surface area contributed by atoms with Crippen LogP contribution in [0.4, 0.5) is 11.4 Å². The SMILES string of the molecule is C=CC1=C(C=C)C(N2C(=O)CCc3cc([N+](=O)[O-])ccc32)CCO1. The molecule has 3 rings (SSSR count). The van der Waals surface area contributed by atoms with Crippen LogP contribution in [-0.2, 0) is 16.0 Å². The number of benzene rings is 1. The number of aryl methyl sites for hydroxylation is 1. The van der Waals surface area contributed by atoms with E-state index in [-0.39, 0.29) is 17.6 Å². The Morgan fingerprint density at radius 3 is 2.75 bits per heavy atom. The van der Waals surface area contributed by atoms with Crippen molar-refractivity contribution in [3.63, 3.8) is 0 Å². The minimum atomic E-state index is -0.416. The predicted molar refractivity (Wildman–Crippen MR) is 90.7 cm³/mol. The van der Waals surface area contributed by atoms with Gasteiger partial charge in [0, 0.05) is 36.2 Å². The first-order valence-electron chi connectivity index (χ1n) is 7.78. The van der Waals surface area contributed by atoms with Gasteiger partial charge < -0.3 is 9.64 Å². The molecule has 24 heavy (non-hydrogen) atoms. The fraction of sp³-hybridized carbons (Fsp3) is 0.278. The van der Waals surface area contributed by atoms with E-state index in [4.69, 9.17) is 4.74 Å². The van der Waals surface area contributed by atoms with Crippen molar-refractivity contribution in [1.82, 2.24) is 0 Å². The fourth-order valence-corrected chi connectivity index (χ4v) is 3.32. The number of hydrogen-bond donors (Lipinski definition) is 0. The highest BCUT2D eigenvalue weighted by molar-refractivity contribution is 5.98. The van der Waals surface area contributed by atoms with Gasteiger partial charge >= 0.3 is 0 Å². The number of amides is 1. The lowest BCUT2D eigenvalue weighted by atomic mass is 9.93. The second-order valence-corrected chi connectivity index (χ2v) is 5.71. The van der Waals surface area contributed by atoms with Crippen LogP contribution >= 0.6 is 0 Å². The van der Waals surface area contributed by atoms with E-state index in [1.54, 1.807) is 29.2 Å². The lowest BCUT2D eigenvalue weighted by Crippen LogP contribution is -2.46. The third kappa shape index (κ3) is 2.60. The Balaban J connectivity index is 2.08. The Hall–Kier alpha value is -2.89. The normalized spacial score (nSPS) is 20.2. The number of nitro groups is 1. The van der Waals surface area contributed by atoms with Crippen LogP contribution in [0.15, 0.2) is 54.8 Å². The van der Waals surface area contributed by atoms with Crippen LogP contribution < -0.4 is 4.90 Å². The molecule has 0 aromatic heterocycles. The molecular formula is C18H18N2O4. The lowest BCUT2D eigenvalue weighted by Gasteiger charge is -2.39. The highest BCUT2D eigenvalue weighted by Gasteiger charge is 2.35. The van der Waals surface area contributed by atoms with Crippen molar-refractivity contribution in [3.8, 4) is 0 Å². The van der Waals surface area contributed by atoms with Crippen molar-refractivity contribution in [1.29, 1.82) is 0 Å². The largest absolute Gasteiger partial charge is 0.493 e. The van der Waals surface area contributed by atoms with E-state index in [1.807, 2.05) is 0 Å². The number of allylic oxidation sites excluding steroid dienone is 1. The van der Waals surface area contributed by atoms with Gasteiger partial charge in [-0.3, -0.25) is 14.9 Å². The molecule has 0 N–H and O–H groups in total. The predicted octanol–water partition coefficient (Wildman–Crippen LogP) is 3.29. The first-order chi connectivity index (χ1) is 11.6. The number of rotatable bonds is 4. The van der Waals surface area contributed by atoms with Gasteiger partial charge in [0.05, 0.1) is 17.6 Å². The standard InChI is InChI=1S/C18H18N2O4/c1-3-14-16(9-10-24-17(14)4-2)19-15-7-6-13(20(22)23)11-12(15)5-8-18(19)21/h3-4,6-7,11,16H,1-2,5,8-10H2. The van der Waals surface area contributed by atoms with Crippen molar-refractivity contribution in [3.05, 3.63) is 70.5 Å². The van der Waals surface area contributed by atoms with E-state index in [1.165, 1.54) is 6.07 Å². The molecule has 0 saturated heterocycles. The van der Waals surface area contributed by atoms with Gasteiger partial charge in [0.2, 0.25) is 5.91 Å². The number of nitrogens with zero attached hydrogens (tertiary/aromatic N) is 2. The highest BCUT2D eigenvalue weighted by Crippen LogP contribution is 2.36. The van der Waals surface area contributed by atoms with E-state index in [0.29, 0.717) is 31.6 Å². The van der Waals surface area contributed by atoms with Gasteiger partial charge in [0.25, 0.3) is 5.69 Å². The molecule has 0 radical (unpaired) electrons. The summed E-state index contributed by atoms with van der Waals surface area (Å²) in [7, 11) is 0. The molecule has 2 aliphatic heterocycles. The van der Waals surface area contributed by atoms with Crippen molar-refractivity contribution >= 4 is 17.3 Å². The second kappa shape index (κ2) is 6.31. The monoisotopic (exact) mass is 326 g/mol. The highest BCUT2D eigenvalue weighted by atomic mass is 16.6. The molecule has 6 heteroatoms. The van der Waals surface area contributed by atoms with Crippen LogP contribution in [0.25, 0.3) is 0 Å². The maximum atomic E-state index is 12.6. The number of anilines is 1. The molecule has 6 nitrogen and oxygen atoms in total. The summed E-state index contributed by atoms with van der Waals surface area (Å²) in [4.78, 5) is 24.9. The molecule has 0 aliphatic carbocycles. The van der Waals surface area contributed by atoms with Crippen molar-refractivity contribution in [2.24, 2.45) is 0 Å². The van der Waals surface area contributed by atoms with Crippen molar-refractivity contribution in [2.75, 3.05) is 11.5 Å². The molecule has 124 valence electrons. The molecule has 0 fully saturated rings. The molecule has 2 aliphatic rings. The molecule has 2 heterocycles. The Bertz CT molecular complexity index is 766. The maximum absolute atomic E-state index is 12.6. The van der Waals surface area contributed by atoms with Crippen LogP contribution in [0.1, 0.15) is 18.4 Å². The second-order valence-electron chi connectivity index (χ2n) is 5.71. The van der Waals surface area contributed by atoms with Gasteiger partial charge in [-0.25, -0.2) is 0 Å². The van der Waals surface area contributed by atoms with Gasteiger partial charge in [0.15, 0.2) is 0 Å². The van der Waals surface area contributed by atoms with E-state index in [9.17, 15) is 14.9 Å². The Morgan fingerprint density at radius 1 is 1.29 bits per heavy atom. The van der Waals surface area contributed by atoms with Crippen LogP contribution in [0, 0.1) is 10.1 Å². The Morgan fingerprint density at radius 2 is 2.08 bits per heavy atom. The number of non-ortho nitro benzene ring substituents is 1. The first-order valence-corrected chi connectivity index (χ1v) is 7.78. The lowest BCUT2D eigenvalue weighted by molar-refractivity contribution is -0.384. The van der Waals surface area contributed by atoms with Gasteiger partial charge in [-0.05, 0) is 24.1 Å². The number of nitro benzene ring substituents is 1. The molecule has 0 bridgehead atoms. The number of fused-ring (bicyclic) bond motifs is 1.